The van der Waals surface area contributed by atoms with E-state index in [1.807, 2.05) is 0 Å². The van der Waals surface area contributed by atoms with Crippen molar-refractivity contribution in [2.75, 3.05) is 39.6 Å². The van der Waals surface area contributed by atoms with E-state index in [-0.39, 0.29) is 25.7 Å². The minimum atomic E-state index is -4.95. The smallest absolute Gasteiger partial charge is 0.462 e. The van der Waals surface area contributed by atoms with E-state index in [2.05, 4.69) is 55.4 Å². The van der Waals surface area contributed by atoms with E-state index in [1.165, 1.54) is 161 Å². The molecule has 92 heavy (non-hydrogen) atoms. The van der Waals surface area contributed by atoms with Crippen LogP contribution in [0.4, 0.5) is 0 Å². The fourth-order valence-corrected chi connectivity index (χ4v) is 12.5. The van der Waals surface area contributed by atoms with Crippen LogP contribution < -0.4 is 0 Å². The summed E-state index contributed by atoms with van der Waals surface area (Å²) >= 11 is 0. The van der Waals surface area contributed by atoms with Crippen molar-refractivity contribution in [2.24, 2.45) is 23.7 Å². The molecule has 0 heterocycles. The van der Waals surface area contributed by atoms with Gasteiger partial charge in [-0.15, -0.1) is 0 Å². The monoisotopic (exact) mass is 1350 g/mol. The minimum absolute atomic E-state index is 0.101. The van der Waals surface area contributed by atoms with Crippen LogP contribution in [0.5, 0.6) is 0 Å². The van der Waals surface area contributed by atoms with Gasteiger partial charge in [-0.3, -0.25) is 37.3 Å². The maximum absolute atomic E-state index is 13.0. The predicted octanol–water partition coefficient (Wildman–Crippen LogP) is 20.9. The van der Waals surface area contributed by atoms with Gasteiger partial charge in [0.15, 0.2) is 12.2 Å². The van der Waals surface area contributed by atoms with E-state index in [9.17, 15) is 43.2 Å². The molecule has 0 aromatic heterocycles. The van der Waals surface area contributed by atoms with E-state index in [1.54, 1.807) is 0 Å². The van der Waals surface area contributed by atoms with E-state index in [0.29, 0.717) is 31.6 Å². The largest absolute Gasteiger partial charge is 0.472 e. The molecule has 7 atom stereocenters. The van der Waals surface area contributed by atoms with Crippen molar-refractivity contribution in [3.05, 3.63) is 0 Å². The number of unbranched alkanes of at least 4 members (excludes halogenated alkanes) is 34. The molecule has 3 N–H and O–H groups in total. The molecule has 0 aromatic rings. The Balaban J connectivity index is 5.15. The summed E-state index contributed by atoms with van der Waals surface area (Å²) in [6.45, 7) is 14.1. The molecule has 0 aliphatic rings. The molecule has 0 amide bonds. The summed E-state index contributed by atoms with van der Waals surface area (Å²) in [6, 6.07) is 0. The Labute approximate surface area is 562 Å². The highest BCUT2D eigenvalue weighted by Crippen LogP contribution is 2.45. The quantitative estimate of drug-likeness (QED) is 0.0222. The molecule has 17 nitrogen and oxygen atoms in total. The standard InChI is InChI=1S/C73H142O17P2/c1-9-65(7)51-43-35-26-23-24-28-39-47-55-72(77)89-68(59-83-70(75)53-45-37-27-22-20-18-16-14-12-11-13-15-17-19-21-25-33-41-49-63(3)4)61-87-91(79,80)85-57-67(74)58-86-92(81,82)88-62-69(60-84-71(76)54-46-38-31-29-34-42-50-64(5)6)90-73(78)56-48-40-32-30-36-44-52-66(8)10-2/h63-69,74H,9-62H2,1-8H3,(H,79,80)(H,81,82)/t65?,66?,67-,68-,69-/m1/s1. The summed E-state index contributed by atoms with van der Waals surface area (Å²) in [5.41, 5.74) is 0. The lowest BCUT2D eigenvalue weighted by atomic mass is 9.99. The summed E-state index contributed by atoms with van der Waals surface area (Å²) in [6.07, 6.45) is 46.2. The number of phosphoric ester groups is 2. The molecule has 0 aliphatic carbocycles. The highest BCUT2D eigenvalue weighted by atomic mass is 31.2. The van der Waals surface area contributed by atoms with Gasteiger partial charge < -0.3 is 33.8 Å². The third kappa shape index (κ3) is 64.1. The fourth-order valence-electron chi connectivity index (χ4n) is 11.0. The zero-order valence-corrected chi connectivity index (χ0v) is 62.0. The van der Waals surface area contributed by atoms with Gasteiger partial charge in [0.05, 0.1) is 26.4 Å². The third-order valence-electron chi connectivity index (χ3n) is 17.5. The maximum Gasteiger partial charge on any atom is 0.472 e. The molecule has 0 saturated carbocycles. The number of carbonyl (C=O) groups is 4. The number of aliphatic hydroxyl groups excluding tert-OH is 1. The van der Waals surface area contributed by atoms with Crippen LogP contribution >= 0.6 is 15.6 Å². The van der Waals surface area contributed by atoms with Crippen molar-refractivity contribution in [1.82, 2.24) is 0 Å². The van der Waals surface area contributed by atoms with E-state index in [0.717, 1.165) is 114 Å². The van der Waals surface area contributed by atoms with Crippen LogP contribution in [0, 0.1) is 23.7 Å². The predicted molar refractivity (Wildman–Crippen MR) is 372 cm³/mol. The van der Waals surface area contributed by atoms with Crippen molar-refractivity contribution in [3.63, 3.8) is 0 Å². The van der Waals surface area contributed by atoms with Gasteiger partial charge >= 0.3 is 39.5 Å². The van der Waals surface area contributed by atoms with E-state index < -0.39 is 97.5 Å². The average molecular weight is 1350 g/mol. The molecular formula is C73H142O17P2. The minimum Gasteiger partial charge on any atom is -0.462 e. The number of ether oxygens (including phenoxy) is 4. The Kier molecular flexibility index (Phi) is 61.3. The number of rotatable bonds is 70. The topological polar surface area (TPSA) is 237 Å². The van der Waals surface area contributed by atoms with Crippen molar-refractivity contribution in [2.45, 2.75) is 382 Å². The van der Waals surface area contributed by atoms with Gasteiger partial charge in [-0.1, -0.05) is 312 Å². The highest BCUT2D eigenvalue weighted by molar-refractivity contribution is 7.47. The molecule has 0 radical (unpaired) electrons. The number of phosphoric acid groups is 2. The summed E-state index contributed by atoms with van der Waals surface area (Å²) < 4.78 is 68.3. The molecule has 19 heteroatoms. The highest BCUT2D eigenvalue weighted by Gasteiger charge is 2.30. The molecule has 0 bridgehead atoms. The van der Waals surface area contributed by atoms with Crippen LogP contribution in [0.3, 0.4) is 0 Å². The lowest BCUT2D eigenvalue weighted by Gasteiger charge is -2.21. The molecular weight excluding hydrogens is 1210 g/mol. The summed E-state index contributed by atoms with van der Waals surface area (Å²) in [5, 5.41) is 10.6. The summed E-state index contributed by atoms with van der Waals surface area (Å²) in [7, 11) is -9.90. The first-order chi connectivity index (χ1) is 44.2. The Morgan fingerprint density at radius 1 is 0.304 bits per heavy atom. The van der Waals surface area contributed by atoms with Crippen molar-refractivity contribution in [1.29, 1.82) is 0 Å². The van der Waals surface area contributed by atoms with Crippen molar-refractivity contribution < 1.29 is 80.2 Å². The SMILES string of the molecule is CCC(C)CCCCCCCCCCC(=O)O[C@H](COC(=O)CCCCCCCCCCCCCCCCCCCCC(C)C)COP(=O)(O)OC[C@@H](O)COP(=O)(O)OC[C@@H](COC(=O)CCCCCCCCC(C)C)OC(=O)CCCCCCCCC(C)CC. The first-order valence-electron chi connectivity index (χ1n) is 37.8. The van der Waals surface area contributed by atoms with Crippen LogP contribution in [0.25, 0.3) is 0 Å². The van der Waals surface area contributed by atoms with Crippen LogP contribution in [-0.4, -0.2) is 96.7 Å². The molecule has 0 saturated heterocycles. The van der Waals surface area contributed by atoms with E-state index >= 15 is 0 Å². The molecule has 0 rings (SSSR count). The third-order valence-corrected chi connectivity index (χ3v) is 19.4. The Hall–Kier alpha value is -1.94. The summed E-state index contributed by atoms with van der Waals surface area (Å²) in [5.74, 6) is 0.860. The number of aliphatic hydroxyl groups is 1. The van der Waals surface area contributed by atoms with Crippen LogP contribution in [0.1, 0.15) is 364 Å². The van der Waals surface area contributed by atoms with Gasteiger partial charge in [-0.25, -0.2) is 9.13 Å². The van der Waals surface area contributed by atoms with Gasteiger partial charge in [-0.2, -0.15) is 0 Å². The zero-order valence-electron chi connectivity index (χ0n) is 60.2. The van der Waals surface area contributed by atoms with Gasteiger partial charge in [0.1, 0.15) is 19.3 Å². The van der Waals surface area contributed by atoms with Crippen molar-refractivity contribution >= 4 is 39.5 Å². The second-order valence-corrected chi connectivity index (χ2v) is 30.7. The molecule has 0 fully saturated rings. The molecule has 0 aromatic carbocycles. The fraction of sp³-hybridized carbons (Fsp3) is 0.945. The van der Waals surface area contributed by atoms with Gasteiger partial charge in [0.2, 0.25) is 0 Å². The first-order valence-corrected chi connectivity index (χ1v) is 40.8. The molecule has 546 valence electrons. The number of carbonyl (C=O) groups excluding carboxylic acids is 4. The number of esters is 4. The molecule has 4 unspecified atom stereocenters. The lowest BCUT2D eigenvalue weighted by molar-refractivity contribution is -0.161. The average Bonchev–Trinajstić information content (AvgIpc) is 1.66. The normalized spacial score (nSPS) is 14.8. The summed E-state index contributed by atoms with van der Waals surface area (Å²) in [4.78, 5) is 72.5. The van der Waals surface area contributed by atoms with Gasteiger partial charge in [0, 0.05) is 25.7 Å². The van der Waals surface area contributed by atoms with Crippen LogP contribution in [0.2, 0.25) is 0 Å². The Bertz CT molecular complexity index is 1820. The van der Waals surface area contributed by atoms with Gasteiger partial charge in [0.25, 0.3) is 0 Å². The lowest BCUT2D eigenvalue weighted by Crippen LogP contribution is -2.30. The second-order valence-electron chi connectivity index (χ2n) is 27.8. The second kappa shape index (κ2) is 62.6. The van der Waals surface area contributed by atoms with Crippen LogP contribution in [-0.2, 0) is 65.4 Å². The van der Waals surface area contributed by atoms with Gasteiger partial charge in [-0.05, 0) is 49.4 Å². The maximum atomic E-state index is 13.0. The number of hydrogen-bond donors (Lipinski definition) is 3. The number of hydrogen-bond acceptors (Lipinski definition) is 15. The first kappa shape index (κ1) is 90.1. The van der Waals surface area contributed by atoms with E-state index in [4.69, 9.17) is 37.0 Å². The molecule has 0 aliphatic heterocycles. The zero-order chi connectivity index (χ0) is 68.2. The Morgan fingerprint density at radius 3 is 0.772 bits per heavy atom. The molecule has 0 spiro atoms. The van der Waals surface area contributed by atoms with Crippen LogP contribution in [0.15, 0.2) is 0 Å². The Morgan fingerprint density at radius 2 is 0.522 bits per heavy atom. The van der Waals surface area contributed by atoms with Crippen molar-refractivity contribution in [3.8, 4) is 0 Å².